The molecule has 0 radical (unpaired) electrons. The van der Waals surface area contributed by atoms with E-state index in [2.05, 4.69) is 14.8 Å². The van der Waals surface area contributed by atoms with Gasteiger partial charge in [-0.05, 0) is 5.56 Å². The predicted octanol–water partition coefficient (Wildman–Crippen LogP) is 2.07. The Hall–Kier alpha value is -1.60. The van der Waals surface area contributed by atoms with Crippen molar-refractivity contribution in [1.29, 1.82) is 0 Å². The fourth-order valence-corrected chi connectivity index (χ4v) is 1.56. The second kappa shape index (κ2) is 7.86. The predicted molar refractivity (Wildman–Crippen MR) is 66.1 cm³/mol. The maximum atomic E-state index is 11.9. The van der Waals surface area contributed by atoms with Crippen molar-refractivity contribution in [2.24, 2.45) is 0 Å². The summed E-state index contributed by atoms with van der Waals surface area (Å²) in [5, 5.41) is 2.81. The molecule has 0 aromatic heterocycles. The molecule has 7 heteroatoms. The van der Waals surface area contributed by atoms with Crippen LogP contribution in [0.4, 0.5) is 13.2 Å². The van der Waals surface area contributed by atoms with Crippen molar-refractivity contribution in [2.45, 2.75) is 12.2 Å². The van der Waals surface area contributed by atoms with Crippen molar-refractivity contribution < 1.29 is 27.4 Å². The van der Waals surface area contributed by atoms with Gasteiger partial charge in [0.1, 0.15) is 12.6 Å². The third-order valence-corrected chi connectivity index (χ3v) is 2.43. The summed E-state index contributed by atoms with van der Waals surface area (Å²) < 4.78 is 44.7. The molecule has 4 nitrogen and oxygen atoms in total. The summed E-state index contributed by atoms with van der Waals surface area (Å²) in [7, 11) is 1.25. The van der Waals surface area contributed by atoms with Crippen LogP contribution >= 0.6 is 0 Å². The minimum atomic E-state index is -4.35. The van der Waals surface area contributed by atoms with Gasteiger partial charge in [0, 0.05) is 6.54 Å². The summed E-state index contributed by atoms with van der Waals surface area (Å²) in [6.45, 7) is -1.35. The zero-order valence-electron chi connectivity index (χ0n) is 10.9. The molecule has 0 fully saturated rings. The third-order valence-electron chi connectivity index (χ3n) is 2.43. The van der Waals surface area contributed by atoms with Crippen molar-refractivity contribution in [2.75, 3.05) is 26.9 Å². The van der Waals surface area contributed by atoms with Crippen LogP contribution in [0.15, 0.2) is 30.3 Å². The lowest BCUT2D eigenvalue weighted by Crippen LogP contribution is -2.32. The molecule has 1 aromatic rings. The molecule has 0 saturated heterocycles. The van der Waals surface area contributed by atoms with Crippen LogP contribution in [-0.2, 0) is 14.3 Å². The first-order valence-corrected chi connectivity index (χ1v) is 5.94. The van der Waals surface area contributed by atoms with Gasteiger partial charge in [-0.2, -0.15) is 13.2 Å². The number of methoxy groups -OCH3 is 1. The molecular formula is C13H16F3NO3. The standard InChI is InChI=1S/C13H16F3NO3/c1-19-12(18)11(10-5-3-2-4-6-10)17-7-8-20-9-13(14,15)16/h2-6,11,17H,7-9H2,1H3. The van der Waals surface area contributed by atoms with Gasteiger partial charge in [0.05, 0.1) is 13.7 Å². The number of hydrogen-bond donors (Lipinski definition) is 1. The fraction of sp³-hybridized carbons (Fsp3) is 0.462. The molecule has 0 amide bonds. The Bertz CT molecular complexity index is 409. The molecule has 112 valence electrons. The summed E-state index contributed by atoms with van der Waals surface area (Å²) in [6, 6.07) is 8.04. The van der Waals surface area contributed by atoms with Crippen LogP contribution in [0.25, 0.3) is 0 Å². The number of carbonyl (C=O) groups is 1. The lowest BCUT2D eigenvalue weighted by Gasteiger charge is -2.17. The van der Waals surface area contributed by atoms with Gasteiger partial charge in [-0.3, -0.25) is 5.32 Å². The van der Waals surface area contributed by atoms with Gasteiger partial charge in [0.15, 0.2) is 0 Å². The molecule has 0 saturated carbocycles. The van der Waals surface area contributed by atoms with E-state index in [1.807, 2.05) is 0 Å². The Morgan fingerprint density at radius 2 is 1.95 bits per heavy atom. The monoisotopic (exact) mass is 291 g/mol. The molecule has 0 aliphatic heterocycles. The van der Waals surface area contributed by atoms with E-state index in [1.54, 1.807) is 30.3 Å². The number of esters is 1. The van der Waals surface area contributed by atoms with Gasteiger partial charge in [-0.1, -0.05) is 30.3 Å². The number of rotatable bonds is 7. The molecule has 1 rings (SSSR count). The Kier molecular flexibility index (Phi) is 6.47. The van der Waals surface area contributed by atoms with E-state index in [0.717, 1.165) is 0 Å². The van der Waals surface area contributed by atoms with Gasteiger partial charge in [-0.15, -0.1) is 0 Å². The largest absolute Gasteiger partial charge is 0.468 e. The second-order valence-electron chi connectivity index (χ2n) is 3.99. The van der Waals surface area contributed by atoms with Gasteiger partial charge in [-0.25, -0.2) is 4.79 Å². The van der Waals surface area contributed by atoms with Crippen LogP contribution in [0.2, 0.25) is 0 Å². The molecule has 1 aromatic carbocycles. The van der Waals surface area contributed by atoms with Crippen LogP contribution in [0.3, 0.4) is 0 Å². The Balaban J connectivity index is 2.45. The summed E-state index contributed by atoms with van der Waals surface area (Å²) >= 11 is 0. The average molecular weight is 291 g/mol. The SMILES string of the molecule is COC(=O)C(NCCOCC(F)(F)F)c1ccccc1. The molecule has 20 heavy (non-hydrogen) atoms. The number of hydrogen-bond acceptors (Lipinski definition) is 4. The van der Waals surface area contributed by atoms with Gasteiger partial charge in [0.25, 0.3) is 0 Å². The summed E-state index contributed by atoms with van der Waals surface area (Å²) in [5.74, 6) is -0.507. The molecule has 1 N–H and O–H groups in total. The molecule has 1 unspecified atom stereocenters. The first-order valence-electron chi connectivity index (χ1n) is 5.94. The number of halogens is 3. The lowest BCUT2D eigenvalue weighted by atomic mass is 10.1. The molecule has 0 heterocycles. The summed E-state index contributed by atoms with van der Waals surface area (Å²) in [4.78, 5) is 11.6. The number of benzene rings is 1. The van der Waals surface area contributed by atoms with Gasteiger partial charge in [0.2, 0.25) is 0 Å². The van der Waals surface area contributed by atoms with Crippen molar-refractivity contribution in [3.63, 3.8) is 0 Å². The lowest BCUT2D eigenvalue weighted by molar-refractivity contribution is -0.173. The van der Waals surface area contributed by atoms with E-state index in [9.17, 15) is 18.0 Å². The Labute approximate surface area is 114 Å². The van der Waals surface area contributed by atoms with E-state index >= 15 is 0 Å². The minimum Gasteiger partial charge on any atom is -0.468 e. The Morgan fingerprint density at radius 1 is 1.30 bits per heavy atom. The molecular weight excluding hydrogens is 275 g/mol. The molecule has 0 spiro atoms. The Morgan fingerprint density at radius 3 is 2.50 bits per heavy atom. The van der Waals surface area contributed by atoms with Crippen LogP contribution in [-0.4, -0.2) is 39.0 Å². The van der Waals surface area contributed by atoms with Gasteiger partial charge < -0.3 is 9.47 Å². The number of ether oxygens (including phenoxy) is 2. The highest BCUT2D eigenvalue weighted by molar-refractivity contribution is 5.77. The van der Waals surface area contributed by atoms with E-state index in [0.29, 0.717) is 5.56 Å². The highest BCUT2D eigenvalue weighted by atomic mass is 19.4. The van der Waals surface area contributed by atoms with Crippen LogP contribution in [0.5, 0.6) is 0 Å². The van der Waals surface area contributed by atoms with Crippen LogP contribution < -0.4 is 5.32 Å². The fourth-order valence-electron chi connectivity index (χ4n) is 1.56. The average Bonchev–Trinajstić information content (AvgIpc) is 2.42. The highest BCUT2D eigenvalue weighted by Gasteiger charge is 2.27. The normalized spacial score (nSPS) is 13.0. The number of alkyl halides is 3. The summed E-state index contributed by atoms with van der Waals surface area (Å²) in [5.41, 5.74) is 0.676. The highest BCUT2D eigenvalue weighted by Crippen LogP contribution is 2.15. The van der Waals surface area contributed by atoms with Crippen molar-refractivity contribution in [3.05, 3.63) is 35.9 Å². The molecule has 0 aliphatic rings. The van der Waals surface area contributed by atoms with Gasteiger partial charge >= 0.3 is 12.1 Å². The zero-order valence-corrected chi connectivity index (χ0v) is 10.9. The number of nitrogens with one attached hydrogen (secondary N) is 1. The van der Waals surface area contributed by atoms with Crippen LogP contribution in [0, 0.1) is 0 Å². The number of carbonyl (C=O) groups excluding carboxylic acids is 1. The minimum absolute atomic E-state index is 0.102. The van der Waals surface area contributed by atoms with Crippen molar-refractivity contribution >= 4 is 5.97 Å². The van der Waals surface area contributed by atoms with E-state index in [4.69, 9.17) is 0 Å². The smallest absolute Gasteiger partial charge is 0.411 e. The van der Waals surface area contributed by atoms with E-state index in [1.165, 1.54) is 7.11 Å². The third kappa shape index (κ3) is 6.03. The van der Waals surface area contributed by atoms with Crippen molar-refractivity contribution in [1.82, 2.24) is 5.32 Å². The molecule has 0 aliphatic carbocycles. The second-order valence-corrected chi connectivity index (χ2v) is 3.99. The summed E-state index contributed by atoms with van der Waals surface area (Å²) in [6.07, 6.45) is -4.35. The van der Waals surface area contributed by atoms with Crippen molar-refractivity contribution in [3.8, 4) is 0 Å². The first-order chi connectivity index (χ1) is 9.44. The maximum absolute atomic E-state index is 11.9. The quantitative estimate of drug-likeness (QED) is 0.617. The first kappa shape index (κ1) is 16.5. The zero-order chi connectivity index (χ0) is 15.0. The van der Waals surface area contributed by atoms with E-state index in [-0.39, 0.29) is 13.2 Å². The topological polar surface area (TPSA) is 47.6 Å². The molecule has 0 bridgehead atoms. The maximum Gasteiger partial charge on any atom is 0.411 e. The van der Waals surface area contributed by atoms with E-state index < -0.39 is 24.8 Å². The molecule has 1 atom stereocenters. The van der Waals surface area contributed by atoms with Crippen LogP contribution in [0.1, 0.15) is 11.6 Å².